The molecule has 2 saturated heterocycles. The van der Waals surface area contributed by atoms with Crippen LogP contribution >= 0.6 is 0 Å². The number of hydrogen-bond acceptors (Lipinski definition) is 9. The summed E-state index contributed by atoms with van der Waals surface area (Å²) in [5.41, 5.74) is 3.67. The third-order valence-corrected chi connectivity index (χ3v) is 6.88. The van der Waals surface area contributed by atoms with E-state index in [4.69, 9.17) is 9.47 Å². The molecule has 3 aromatic rings. The number of esters is 1. The highest BCUT2D eigenvalue weighted by Crippen LogP contribution is 2.28. The van der Waals surface area contributed by atoms with E-state index >= 15 is 0 Å². The molecule has 1 atom stereocenters. The highest BCUT2D eigenvalue weighted by molar-refractivity contribution is 5.90. The number of benzene rings is 2. The molecule has 1 aromatic heterocycles. The Morgan fingerprint density at radius 3 is 2.45 bits per heavy atom. The van der Waals surface area contributed by atoms with E-state index < -0.39 is 5.76 Å². The van der Waals surface area contributed by atoms with Crippen LogP contribution in [0.25, 0.3) is 11.4 Å². The first-order chi connectivity index (χ1) is 18.5. The Hall–Kier alpha value is -4.12. The van der Waals surface area contributed by atoms with Crippen molar-refractivity contribution in [3.8, 4) is 11.4 Å². The zero-order valence-electron chi connectivity index (χ0n) is 21.2. The largest absolute Gasteiger partial charge is 0.466 e. The minimum absolute atomic E-state index is 0.0269. The summed E-state index contributed by atoms with van der Waals surface area (Å²) in [5.74, 6) is -0.326. The maximum Gasteiger partial charge on any atom is 0.439 e. The van der Waals surface area contributed by atoms with Crippen LogP contribution in [-0.2, 0) is 20.8 Å². The fourth-order valence-corrected chi connectivity index (χ4v) is 4.83. The van der Waals surface area contributed by atoms with Gasteiger partial charge in [-0.3, -0.25) is 19.2 Å². The number of ether oxygens (including phenoxy) is 2. The summed E-state index contributed by atoms with van der Waals surface area (Å²) in [4.78, 5) is 42.0. The summed E-state index contributed by atoms with van der Waals surface area (Å²) in [7, 11) is 0. The Morgan fingerprint density at radius 1 is 1.08 bits per heavy atom. The van der Waals surface area contributed by atoms with Crippen molar-refractivity contribution in [2.45, 2.75) is 32.4 Å². The molecule has 0 spiro atoms. The van der Waals surface area contributed by atoms with Crippen molar-refractivity contribution in [3.05, 3.63) is 64.6 Å². The lowest BCUT2D eigenvalue weighted by molar-refractivity contribution is -0.148. The van der Waals surface area contributed by atoms with Crippen LogP contribution in [0.3, 0.4) is 0 Å². The van der Waals surface area contributed by atoms with Crippen molar-refractivity contribution in [2.24, 2.45) is 5.92 Å². The molecule has 0 unspecified atom stereocenters. The fraction of sp³-hybridized carbons (Fsp3) is 0.407. The van der Waals surface area contributed by atoms with Crippen molar-refractivity contribution < 1.29 is 23.6 Å². The predicted octanol–water partition coefficient (Wildman–Crippen LogP) is 2.92. The molecule has 1 amide bonds. The number of nitrogens with zero attached hydrogens (tertiary/aromatic N) is 3. The highest BCUT2D eigenvalue weighted by Gasteiger charge is 2.32. The summed E-state index contributed by atoms with van der Waals surface area (Å²) in [6.45, 7) is 5.43. The molecular weight excluding hydrogens is 490 g/mol. The van der Waals surface area contributed by atoms with Gasteiger partial charge in [0.15, 0.2) is 5.82 Å². The molecular formula is C27H31N5O6. The molecule has 0 bridgehead atoms. The third-order valence-electron chi connectivity index (χ3n) is 6.88. The monoisotopic (exact) mass is 521 g/mol. The molecule has 0 aliphatic carbocycles. The minimum atomic E-state index is -0.589. The molecule has 11 heteroatoms. The van der Waals surface area contributed by atoms with Crippen LogP contribution < -0.4 is 20.9 Å². The van der Waals surface area contributed by atoms with Crippen molar-refractivity contribution in [1.29, 1.82) is 0 Å². The first-order valence-electron chi connectivity index (χ1n) is 12.9. The fourth-order valence-electron chi connectivity index (χ4n) is 4.83. The van der Waals surface area contributed by atoms with Gasteiger partial charge in [0.05, 0.1) is 19.1 Å². The van der Waals surface area contributed by atoms with Crippen LogP contribution in [0.4, 0.5) is 16.2 Å². The van der Waals surface area contributed by atoms with E-state index in [2.05, 4.69) is 24.9 Å². The summed E-state index contributed by atoms with van der Waals surface area (Å²) < 4.78 is 15.3. The molecule has 38 heavy (non-hydrogen) atoms. The van der Waals surface area contributed by atoms with Gasteiger partial charge in [0.2, 0.25) is 0 Å². The average Bonchev–Trinajstić information content (AvgIpc) is 3.54. The molecule has 0 radical (unpaired) electrons. The number of H-pyrrole nitrogens is 1. The number of piperidine rings is 1. The number of rotatable bonds is 9. The van der Waals surface area contributed by atoms with Gasteiger partial charge in [-0.2, -0.15) is 0 Å². The van der Waals surface area contributed by atoms with Gasteiger partial charge in [-0.15, -0.1) is 0 Å². The van der Waals surface area contributed by atoms with Crippen LogP contribution in [0.2, 0.25) is 0 Å². The number of hydrogen-bond donors (Lipinski definition) is 2. The molecule has 200 valence electrons. The summed E-state index contributed by atoms with van der Waals surface area (Å²) in [6, 6.07) is 15.5. The van der Waals surface area contributed by atoms with Crippen molar-refractivity contribution in [3.63, 3.8) is 0 Å². The second-order valence-electron chi connectivity index (χ2n) is 9.42. The van der Waals surface area contributed by atoms with Gasteiger partial charge >= 0.3 is 17.8 Å². The Bertz CT molecular complexity index is 1290. The molecule has 2 fully saturated rings. The summed E-state index contributed by atoms with van der Waals surface area (Å²) in [6.07, 6.45) is 0.940. The lowest BCUT2D eigenvalue weighted by Gasteiger charge is -2.32. The maximum atomic E-state index is 12.5. The first kappa shape index (κ1) is 25.5. The van der Waals surface area contributed by atoms with E-state index in [9.17, 15) is 14.4 Å². The quantitative estimate of drug-likeness (QED) is 0.408. The maximum absolute atomic E-state index is 12.5. The molecule has 5 rings (SSSR count). The number of amides is 1. The number of aromatic amines is 1. The summed E-state index contributed by atoms with van der Waals surface area (Å²) >= 11 is 0. The number of aromatic nitrogens is 2. The number of cyclic esters (lactones) is 1. The van der Waals surface area contributed by atoms with Crippen molar-refractivity contribution in [1.82, 2.24) is 15.5 Å². The second kappa shape index (κ2) is 11.5. The highest BCUT2D eigenvalue weighted by atomic mass is 16.6. The van der Waals surface area contributed by atoms with Gasteiger partial charge in [-0.25, -0.2) is 9.59 Å². The zero-order valence-corrected chi connectivity index (χ0v) is 21.2. The van der Waals surface area contributed by atoms with Gasteiger partial charge in [0, 0.05) is 43.1 Å². The Balaban J connectivity index is 1.08. The van der Waals surface area contributed by atoms with Crippen LogP contribution in [-0.4, -0.2) is 61.1 Å². The average molecular weight is 522 g/mol. The predicted molar refractivity (Wildman–Crippen MR) is 140 cm³/mol. The van der Waals surface area contributed by atoms with E-state index in [1.807, 2.05) is 55.5 Å². The van der Waals surface area contributed by atoms with E-state index in [1.54, 1.807) is 4.90 Å². The number of carbonyl (C=O) groups excluding carboxylic acids is 2. The number of anilines is 2. The first-order valence-corrected chi connectivity index (χ1v) is 12.9. The zero-order chi connectivity index (χ0) is 26.5. The van der Waals surface area contributed by atoms with Gasteiger partial charge in [-0.05, 0) is 49.6 Å². The van der Waals surface area contributed by atoms with Gasteiger partial charge < -0.3 is 19.7 Å². The summed E-state index contributed by atoms with van der Waals surface area (Å²) in [5, 5.41) is 7.02. The Morgan fingerprint density at radius 2 is 1.79 bits per heavy atom. The lowest BCUT2D eigenvalue weighted by Crippen LogP contribution is -2.37. The molecule has 3 heterocycles. The van der Waals surface area contributed by atoms with Crippen LogP contribution in [0, 0.1) is 5.92 Å². The minimum Gasteiger partial charge on any atom is -0.466 e. The van der Waals surface area contributed by atoms with Gasteiger partial charge in [-0.1, -0.05) is 29.4 Å². The van der Waals surface area contributed by atoms with Crippen LogP contribution in [0.15, 0.2) is 57.8 Å². The standard InChI is InChI=1S/C27H31N5O6/c1-2-36-25(33)20-11-13-31(14-12-20)21-7-9-22(10-8-21)32-17-23(37-27(32)35)16-28-15-18-3-5-19(6-4-18)24-29-26(34)38-30-24/h3-10,20,23,28H,2,11-17H2,1H3,(H,29,30,34)/t23-/m0/s1. The SMILES string of the molecule is CCOC(=O)C1CCN(c2ccc(N3C[C@H](CNCc4ccc(-c5noc(=O)[nH]5)cc4)OC3=O)cc2)CC1. The topological polar surface area (TPSA) is 130 Å². The number of nitrogens with one attached hydrogen (secondary N) is 2. The third kappa shape index (κ3) is 5.88. The van der Waals surface area contributed by atoms with Gasteiger partial charge in [0.25, 0.3) is 0 Å². The number of carbonyl (C=O) groups is 2. The molecule has 11 nitrogen and oxygen atoms in total. The van der Waals surface area contributed by atoms with Crippen molar-refractivity contribution >= 4 is 23.4 Å². The molecule has 0 saturated carbocycles. The van der Waals surface area contributed by atoms with E-state index in [-0.39, 0.29) is 24.1 Å². The molecule has 2 aliphatic rings. The molecule has 2 N–H and O–H groups in total. The van der Waals surface area contributed by atoms with Gasteiger partial charge in [0.1, 0.15) is 6.10 Å². The van der Waals surface area contributed by atoms with Crippen molar-refractivity contribution in [2.75, 3.05) is 42.6 Å². The smallest absolute Gasteiger partial charge is 0.439 e. The van der Waals surface area contributed by atoms with E-state index in [1.165, 1.54) is 0 Å². The second-order valence-corrected chi connectivity index (χ2v) is 9.42. The normalized spacial score (nSPS) is 18.0. The lowest BCUT2D eigenvalue weighted by atomic mass is 9.96. The molecule has 2 aromatic carbocycles. The van der Waals surface area contributed by atoms with Crippen LogP contribution in [0.5, 0.6) is 0 Å². The van der Waals surface area contributed by atoms with E-state index in [0.717, 1.165) is 48.4 Å². The Labute approximate surface area is 219 Å². The van der Waals surface area contributed by atoms with Crippen LogP contribution in [0.1, 0.15) is 25.3 Å². The Kier molecular flexibility index (Phi) is 7.73. The molecule has 2 aliphatic heterocycles. The van der Waals surface area contributed by atoms with E-state index in [0.29, 0.717) is 32.1 Å².